The fourth-order valence-corrected chi connectivity index (χ4v) is 4.39. The minimum absolute atomic E-state index is 0.0630. The predicted molar refractivity (Wildman–Crippen MR) is 102 cm³/mol. The smallest absolute Gasteiger partial charge is 0.231 e. The molecule has 1 aliphatic heterocycles. The largest absolute Gasteiger partial charge is 0.310 e. The van der Waals surface area contributed by atoms with E-state index in [9.17, 15) is 4.79 Å². The molecule has 1 amide bonds. The molecule has 24 heavy (non-hydrogen) atoms. The number of hydrogen-bond donors (Lipinski definition) is 0. The van der Waals surface area contributed by atoms with Gasteiger partial charge in [0, 0.05) is 23.2 Å². The highest BCUT2D eigenvalue weighted by atomic mass is 32.2. The lowest BCUT2D eigenvalue weighted by atomic mass is 9.99. The van der Waals surface area contributed by atoms with Gasteiger partial charge in [-0.3, -0.25) is 4.79 Å². The van der Waals surface area contributed by atoms with Crippen LogP contribution in [0.1, 0.15) is 17.7 Å². The standard InChI is InChI=1S/C20H24N2OS/c1-15-19(16-9-5-4-6-10-16)24-18-12-8-7-11-17(18)22(20(15)23)14-13-21(2)3/h4-12,15,19H,13-14H2,1-3H3/t15-,19-/m1/s1. The van der Waals surface area contributed by atoms with Gasteiger partial charge in [-0.25, -0.2) is 0 Å². The number of para-hydroxylation sites is 1. The van der Waals surface area contributed by atoms with Crippen molar-refractivity contribution < 1.29 is 4.79 Å². The van der Waals surface area contributed by atoms with Crippen LogP contribution in [0, 0.1) is 5.92 Å². The molecular weight excluding hydrogens is 316 g/mol. The molecule has 2 aromatic carbocycles. The van der Waals surface area contributed by atoms with Gasteiger partial charge in [-0.2, -0.15) is 0 Å². The van der Waals surface area contributed by atoms with Crippen LogP contribution in [-0.2, 0) is 4.79 Å². The van der Waals surface area contributed by atoms with Crippen LogP contribution in [0.15, 0.2) is 59.5 Å². The highest BCUT2D eigenvalue weighted by molar-refractivity contribution is 7.99. The molecule has 126 valence electrons. The first-order valence-corrected chi connectivity index (χ1v) is 9.22. The highest BCUT2D eigenvalue weighted by Crippen LogP contribution is 2.47. The summed E-state index contributed by atoms with van der Waals surface area (Å²) in [5.74, 6) is 0.148. The summed E-state index contributed by atoms with van der Waals surface area (Å²) in [6, 6.07) is 18.6. The van der Waals surface area contributed by atoms with E-state index in [0.717, 1.165) is 18.8 Å². The van der Waals surface area contributed by atoms with E-state index < -0.39 is 0 Å². The molecule has 0 spiro atoms. The van der Waals surface area contributed by atoms with E-state index in [1.807, 2.05) is 43.3 Å². The van der Waals surface area contributed by atoms with Crippen LogP contribution in [0.2, 0.25) is 0 Å². The Morgan fingerprint density at radius 1 is 1.04 bits per heavy atom. The summed E-state index contributed by atoms with van der Waals surface area (Å²) in [5.41, 5.74) is 2.26. The van der Waals surface area contributed by atoms with Crippen LogP contribution in [-0.4, -0.2) is 38.0 Å². The summed E-state index contributed by atoms with van der Waals surface area (Å²) in [5, 5.41) is 0.143. The third-order valence-corrected chi connectivity index (χ3v) is 5.95. The number of hydrogen-bond acceptors (Lipinski definition) is 3. The molecule has 0 unspecified atom stereocenters. The molecule has 0 fully saturated rings. The minimum atomic E-state index is -0.0630. The van der Waals surface area contributed by atoms with Gasteiger partial charge in [0.25, 0.3) is 0 Å². The normalized spacial score (nSPS) is 20.8. The lowest BCUT2D eigenvalue weighted by molar-refractivity contribution is -0.121. The first-order valence-electron chi connectivity index (χ1n) is 8.34. The van der Waals surface area contributed by atoms with Crippen LogP contribution in [0.25, 0.3) is 0 Å². The van der Waals surface area contributed by atoms with E-state index in [2.05, 4.69) is 42.2 Å². The van der Waals surface area contributed by atoms with Gasteiger partial charge in [-0.15, -0.1) is 11.8 Å². The zero-order valence-electron chi connectivity index (χ0n) is 14.5. The van der Waals surface area contributed by atoms with Crippen molar-refractivity contribution in [3.05, 3.63) is 60.2 Å². The van der Waals surface area contributed by atoms with Crippen LogP contribution in [0.5, 0.6) is 0 Å². The first-order chi connectivity index (χ1) is 11.6. The topological polar surface area (TPSA) is 23.6 Å². The molecule has 0 saturated carbocycles. The zero-order chi connectivity index (χ0) is 17.1. The third-order valence-electron chi connectivity index (χ3n) is 4.42. The van der Waals surface area contributed by atoms with Crippen LogP contribution >= 0.6 is 11.8 Å². The Bertz CT molecular complexity index is 702. The molecule has 3 rings (SSSR count). The molecule has 0 N–H and O–H groups in total. The van der Waals surface area contributed by atoms with Crippen LogP contribution in [0.4, 0.5) is 5.69 Å². The van der Waals surface area contributed by atoms with Crippen molar-refractivity contribution in [2.45, 2.75) is 17.1 Å². The summed E-state index contributed by atoms with van der Waals surface area (Å²) in [6.07, 6.45) is 0. The number of carbonyl (C=O) groups is 1. The Labute approximate surface area is 148 Å². The number of benzene rings is 2. The number of amides is 1. The maximum Gasteiger partial charge on any atom is 0.231 e. The maximum absolute atomic E-state index is 13.2. The Kier molecular flexibility index (Phi) is 5.27. The van der Waals surface area contributed by atoms with Crippen LogP contribution in [0.3, 0.4) is 0 Å². The SMILES string of the molecule is C[C@H]1C(=O)N(CCN(C)C)c2ccccc2S[C@H]1c1ccccc1. The van der Waals surface area contributed by atoms with Crippen molar-refractivity contribution >= 4 is 23.4 Å². The van der Waals surface area contributed by atoms with E-state index in [-0.39, 0.29) is 17.1 Å². The Hall–Kier alpha value is -1.78. The van der Waals surface area contributed by atoms with Gasteiger partial charge in [0.2, 0.25) is 5.91 Å². The van der Waals surface area contributed by atoms with Crippen LogP contribution < -0.4 is 4.90 Å². The Morgan fingerprint density at radius 2 is 1.71 bits per heavy atom. The third kappa shape index (κ3) is 3.50. The van der Waals surface area contributed by atoms with Gasteiger partial charge < -0.3 is 9.80 Å². The van der Waals surface area contributed by atoms with E-state index in [0.29, 0.717) is 0 Å². The monoisotopic (exact) mass is 340 g/mol. The van der Waals surface area contributed by atoms with Gasteiger partial charge in [0.1, 0.15) is 0 Å². The highest BCUT2D eigenvalue weighted by Gasteiger charge is 2.35. The average Bonchev–Trinajstić information content (AvgIpc) is 2.70. The Morgan fingerprint density at radius 3 is 2.42 bits per heavy atom. The Balaban J connectivity index is 1.99. The number of anilines is 1. The molecule has 0 bridgehead atoms. The summed E-state index contributed by atoms with van der Waals surface area (Å²) in [7, 11) is 4.08. The van der Waals surface area contributed by atoms with Crippen molar-refractivity contribution in [1.29, 1.82) is 0 Å². The molecule has 1 aliphatic rings. The molecule has 4 heteroatoms. The summed E-state index contributed by atoms with van der Waals surface area (Å²) in [6.45, 7) is 3.63. The molecule has 0 aliphatic carbocycles. The molecular formula is C20H24N2OS. The van der Waals surface area contributed by atoms with Crippen molar-refractivity contribution in [2.75, 3.05) is 32.1 Å². The molecule has 3 nitrogen and oxygen atoms in total. The number of fused-ring (bicyclic) bond motifs is 1. The second kappa shape index (κ2) is 7.41. The van der Waals surface area contributed by atoms with Gasteiger partial charge in [0.05, 0.1) is 11.6 Å². The number of rotatable bonds is 4. The number of nitrogens with zero attached hydrogens (tertiary/aromatic N) is 2. The van der Waals surface area contributed by atoms with Crippen molar-refractivity contribution in [2.24, 2.45) is 5.92 Å². The second-order valence-electron chi connectivity index (χ2n) is 6.50. The number of likely N-dealkylation sites (N-methyl/N-ethyl adjacent to an activating group) is 1. The van der Waals surface area contributed by atoms with Gasteiger partial charge >= 0.3 is 0 Å². The molecule has 2 aromatic rings. The number of carbonyl (C=O) groups excluding carboxylic acids is 1. The first kappa shape index (κ1) is 17.1. The molecule has 1 heterocycles. The van der Waals surface area contributed by atoms with Crippen molar-refractivity contribution in [3.8, 4) is 0 Å². The second-order valence-corrected chi connectivity index (χ2v) is 7.68. The van der Waals surface area contributed by atoms with E-state index in [1.165, 1.54) is 10.5 Å². The molecule has 2 atom stereocenters. The number of thioether (sulfide) groups is 1. The quantitative estimate of drug-likeness (QED) is 0.838. The molecule has 0 aromatic heterocycles. The fourth-order valence-electron chi connectivity index (χ4n) is 3.04. The maximum atomic E-state index is 13.2. The zero-order valence-corrected chi connectivity index (χ0v) is 15.3. The minimum Gasteiger partial charge on any atom is -0.310 e. The fraction of sp³-hybridized carbons (Fsp3) is 0.350. The van der Waals surface area contributed by atoms with Crippen molar-refractivity contribution in [3.63, 3.8) is 0 Å². The molecule has 0 radical (unpaired) electrons. The van der Waals surface area contributed by atoms with Gasteiger partial charge in [-0.1, -0.05) is 49.4 Å². The predicted octanol–water partition coefficient (Wildman–Crippen LogP) is 4.06. The lowest BCUT2D eigenvalue weighted by Gasteiger charge is -2.27. The van der Waals surface area contributed by atoms with Gasteiger partial charge in [0.15, 0.2) is 0 Å². The average molecular weight is 340 g/mol. The van der Waals surface area contributed by atoms with E-state index >= 15 is 0 Å². The van der Waals surface area contributed by atoms with Gasteiger partial charge in [-0.05, 0) is 31.8 Å². The summed E-state index contributed by atoms with van der Waals surface area (Å²) in [4.78, 5) is 18.5. The lowest BCUT2D eigenvalue weighted by Crippen LogP contribution is -2.40. The summed E-state index contributed by atoms with van der Waals surface area (Å²) >= 11 is 1.80. The van der Waals surface area contributed by atoms with E-state index in [4.69, 9.17) is 0 Å². The van der Waals surface area contributed by atoms with E-state index in [1.54, 1.807) is 11.8 Å². The van der Waals surface area contributed by atoms with Crippen molar-refractivity contribution in [1.82, 2.24) is 4.90 Å². The summed E-state index contributed by atoms with van der Waals surface area (Å²) < 4.78 is 0. The molecule has 0 saturated heterocycles.